The van der Waals surface area contributed by atoms with E-state index >= 15 is 0 Å². The molecule has 0 fully saturated rings. The summed E-state index contributed by atoms with van der Waals surface area (Å²) in [5.41, 5.74) is 1.62. The van der Waals surface area contributed by atoms with Crippen LogP contribution in [0.1, 0.15) is 12.5 Å². The molecular formula is C9H8. The molecule has 0 unspecified atom stereocenters. The Bertz CT molecular complexity index is 197. The van der Waals surface area contributed by atoms with Gasteiger partial charge in [0.1, 0.15) is 0 Å². The summed E-state index contributed by atoms with van der Waals surface area (Å²) in [6.07, 6.45) is 0. The maximum absolute atomic E-state index is 7.24. The van der Waals surface area contributed by atoms with Gasteiger partial charge in [-0.15, -0.1) is 0 Å². The van der Waals surface area contributed by atoms with Crippen LogP contribution in [0.15, 0.2) is 30.3 Å². The van der Waals surface area contributed by atoms with E-state index in [9.17, 15) is 0 Å². The first-order chi connectivity index (χ1) is 4.30. The Kier molecular flexibility index (Phi) is 1.69. The number of rotatable bonds is 1. The first-order valence-electron chi connectivity index (χ1n) is 2.91. The van der Waals surface area contributed by atoms with Crippen LogP contribution in [0.25, 0.3) is 5.57 Å². The minimum atomic E-state index is 0.621. The van der Waals surface area contributed by atoms with Crippen LogP contribution < -0.4 is 0 Å². The van der Waals surface area contributed by atoms with Gasteiger partial charge in [0.15, 0.2) is 0 Å². The molecule has 0 spiro atoms. The fraction of sp³-hybridized carbons (Fsp3) is 0.111. The number of benzene rings is 1. The Labute approximate surface area is 55.8 Å². The zero-order chi connectivity index (χ0) is 6.69. The van der Waals surface area contributed by atoms with E-state index < -0.39 is 0 Å². The van der Waals surface area contributed by atoms with E-state index in [1.54, 1.807) is 6.92 Å². The first kappa shape index (κ1) is 6.09. The van der Waals surface area contributed by atoms with Crippen molar-refractivity contribution >= 4 is 5.57 Å². The molecule has 1 aromatic rings. The molecule has 0 amide bonds. The SMILES string of the molecule is [C]=C(C)c1ccccc1. The van der Waals surface area contributed by atoms with Crippen LogP contribution >= 0.6 is 0 Å². The highest BCUT2D eigenvalue weighted by Crippen LogP contribution is 2.08. The second-order valence-corrected chi connectivity index (χ2v) is 1.99. The zero-order valence-electron chi connectivity index (χ0n) is 5.39. The average Bonchev–Trinajstić information content (AvgIpc) is 1.90. The lowest BCUT2D eigenvalue weighted by atomic mass is 10.1. The quantitative estimate of drug-likeness (QED) is 0.528. The highest BCUT2D eigenvalue weighted by molar-refractivity contribution is 5.59. The molecule has 2 radical (unpaired) electrons. The van der Waals surface area contributed by atoms with Gasteiger partial charge < -0.3 is 0 Å². The lowest BCUT2D eigenvalue weighted by Crippen LogP contribution is -1.72. The maximum atomic E-state index is 7.24. The molecule has 0 heterocycles. The second kappa shape index (κ2) is 2.49. The molecule has 44 valence electrons. The predicted molar refractivity (Wildman–Crippen MR) is 38.8 cm³/mol. The smallest absolute Gasteiger partial charge is 0.00577 e. The topological polar surface area (TPSA) is 0 Å². The van der Waals surface area contributed by atoms with E-state index in [1.807, 2.05) is 30.3 Å². The zero-order valence-corrected chi connectivity index (χ0v) is 5.39. The molecule has 0 aromatic heterocycles. The minimum absolute atomic E-state index is 0.621. The predicted octanol–water partition coefficient (Wildman–Crippen LogP) is 2.40. The third-order valence-corrected chi connectivity index (χ3v) is 1.21. The minimum Gasteiger partial charge on any atom is -0.0622 e. The monoisotopic (exact) mass is 116 g/mol. The number of hydrogen-bond donors (Lipinski definition) is 0. The van der Waals surface area contributed by atoms with Crippen molar-refractivity contribution < 1.29 is 0 Å². The van der Waals surface area contributed by atoms with E-state index in [-0.39, 0.29) is 0 Å². The van der Waals surface area contributed by atoms with Crippen LogP contribution in [0.2, 0.25) is 0 Å². The molecule has 0 saturated carbocycles. The molecule has 0 atom stereocenters. The molecule has 0 aliphatic carbocycles. The van der Waals surface area contributed by atoms with Crippen molar-refractivity contribution in [2.75, 3.05) is 0 Å². The van der Waals surface area contributed by atoms with Crippen molar-refractivity contribution in [3.63, 3.8) is 0 Å². The highest BCUT2D eigenvalue weighted by atomic mass is 13.9. The van der Waals surface area contributed by atoms with Gasteiger partial charge in [-0.05, 0) is 24.6 Å². The van der Waals surface area contributed by atoms with Gasteiger partial charge in [-0.1, -0.05) is 30.3 Å². The molecule has 0 aliphatic heterocycles. The van der Waals surface area contributed by atoms with Gasteiger partial charge in [-0.25, -0.2) is 0 Å². The van der Waals surface area contributed by atoms with Gasteiger partial charge in [0.25, 0.3) is 0 Å². The summed E-state index contributed by atoms with van der Waals surface area (Å²) in [7, 11) is 0. The van der Waals surface area contributed by atoms with Crippen LogP contribution in [-0.4, -0.2) is 0 Å². The fourth-order valence-electron chi connectivity index (χ4n) is 0.688. The summed E-state index contributed by atoms with van der Waals surface area (Å²) in [6.45, 7) is 9.02. The van der Waals surface area contributed by atoms with E-state index in [0.717, 1.165) is 5.56 Å². The summed E-state index contributed by atoms with van der Waals surface area (Å²) < 4.78 is 0. The standard InChI is InChI=1S/C9H8/c1-8(2)9-6-4-3-5-7-9/h3-7H,1H3. The van der Waals surface area contributed by atoms with E-state index in [2.05, 4.69) is 0 Å². The average molecular weight is 116 g/mol. The third-order valence-electron chi connectivity index (χ3n) is 1.21. The van der Waals surface area contributed by atoms with Crippen molar-refractivity contribution in [2.45, 2.75) is 6.92 Å². The molecular weight excluding hydrogens is 108 g/mol. The molecule has 0 aliphatic rings. The molecule has 0 bridgehead atoms. The van der Waals surface area contributed by atoms with Crippen molar-refractivity contribution in [3.05, 3.63) is 42.5 Å². The van der Waals surface area contributed by atoms with E-state index in [1.165, 1.54) is 0 Å². The van der Waals surface area contributed by atoms with Gasteiger partial charge in [0.2, 0.25) is 0 Å². The molecule has 0 N–H and O–H groups in total. The summed E-state index contributed by atoms with van der Waals surface area (Å²) in [5, 5.41) is 0. The Morgan fingerprint density at radius 3 is 2.11 bits per heavy atom. The second-order valence-electron chi connectivity index (χ2n) is 1.99. The first-order valence-corrected chi connectivity index (χ1v) is 2.91. The van der Waals surface area contributed by atoms with Crippen LogP contribution in [0, 0.1) is 6.58 Å². The molecule has 1 rings (SSSR count). The lowest BCUT2D eigenvalue weighted by molar-refractivity contribution is 1.58. The van der Waals surface area contributed by atoms with Crippen molar-refractivity contribution in [3.8, 4) is 0 Å². The van der Waals surface area contributed by atoms with Crippen LogP contribution in [0.4, 0.5) is 0 Å². The fourth-order valence-corrected chi connectivity index (χ4v) is 0.688. The van der Waals surface area contributed by atoms with E-state index in [4.69, 9.17) is 6.58 Å². The molecule has 1 aromatic carbocycles. The van der Waals surface area contributed by atoms with Crippen LogP contribution in [0.3, 0.4) is 0 Å². The van der Waals surface area contributed by atoms with Gasteiger partial charge in [0.05, 0.1) is 0 Å². The summed E-state index contributed by atoms with van der Waals surface area (Å²) in [5.74, 6) is 0. The van der Waals surface area contributed by atoms with Crippen molar-refractivity contribution in [1.29, 1.82) is 0 Å². The molecule has 0 nitrogen and oxygen atoms in total. The lowest BCUT2D eigenvalue weighted by Gasteiger charge is -1.94. The van der Waals surface area contributed by atoms with Gasteiger partial charge >= 0.3 is 0 Å². The van der Waals surface area contributed by atoms with Gasteiger partial charge in [0, 0.05) is 0 Å². The molecule has 0 saturated heterocycles. The summed E-state index contributed by atoms with van der Waals surface area (Å²) in [4.78, 5) is 0. The molecule has 0 heteroatoms. The van der Waals surface area contributed by atoms with Gasteiger partial charge in [-0.2, -0.15) is 0 Å². The Morgan fingerprint density at radius 2 is 1.78 bits per heavy atom. The van der Waals surface area contributed by atoms with Crippen LogP contribution in [0.5, 0.6) is 0 Å². The van der Waals surface area contributed by atoms with Crippen molar-refractivity contribution in [2.24, 2.45) is 0 Å². The van der Waals surface area contributed by atoms with E-state index in [0.29, 0.717) is 5.57 Å². The van der Waals surface area contributed by atoms with Crippen molar-refractivity contribution in [1.82, 2.24) is 0 Å². The Hall–Kier alpha value is -1.04. The molecule has 9 heavy (non-hydrogen) atoms. The Balaban J connectivity index is 2.98. The summed E-state index contributed by atoms with van der Waals surface area (Å²) >= 11 is 0. The number of hydrogen-bond acceptors (Lipinski definition) is 0. The maximum Gasteiger partial charge on any atom is -0.00577 e. The largest absolute Gasteiger partial charge is 0.0622 e. The highest BCUT2D eigenvalue weighted by Gasteiger charge is 1.86. The Morgan fingerprint density at radius 1 is 1.22 bits per heavy atom. The summed E-state index contributed by atoms with van der Waals surface area (Å²) in [6, 6.07) is 9.69. The van der Waals surface area contributed by atoms with Crippen LogP contribution in [-0.2, 0) is 0 Å². The van der Waals surface area contributed by atoms with Gasteiger partial charge in [-0.3, -0.25) is 0 Å². The third kappa shape index (κ3) is 1.43. The number of allylic oxidation sites excluding steroid dienone is 1. The normalized spacial score (nSPS) is 9.00.